The Hall–Kier alpha value is -3.20. The number of benzene rings is 1. The molecule has 3 aromatic rings. The van der Waals surface area contributed by atoms with Gasteiger partial charge in [-0.1, -0.05) is 23.7 Å². The summed E-state index contributed by atoms with van der Waals surface area (Å²) in [7, 11) is 1.75. The first-order valence-electron chi connectivity index (χ1n) is 8.50. The third kappa shape index (κ3) is 3.89. The van der Waals surface area contributed by atoms with Gasteiger partial charge in [0.1, 0.15) is 11.4 Å². The molecule has 146 valence electrons. The molecule has 0 saturated carbocycles. The van der Waals surface area contributed by atoms with Crippen LogP contribution >= 0.6 is 11.6 Å². The average Bonchev–Trinajstić information content (AvgIpc) is 3.11. The van der Waals surface area contributed by atoms with E-state index in [9.17, 15) is 14.9 Å². The molecule has 0 fully saturated rings. The summed E-state index contributed by atoms with van der Waals surface area (Å²) in [6, 6.07) is 7.05. The van der Waals surface area contributed by atoms with Crippen molar-refractivity contribution in [2.24, 2.45) is 7.05 Å². The molecule has 1 N–H and O–H groups in total. The Labute approximate surface area is 166 Å². The molecule has 0 saturated heterocycles. The summed E-state index contributed by atoms with van der Waals surface area (Å²) in [6.07, 6.45) is 1.53. The zero-order valence-electron chi connectivity index (χ0n) is 15.6. The van der Waals surface area contributed by atoms with Gasteiger partial charge in [0, 0.05) is 12.6 Å². The van der Waals surface area contributed by atoms with Crippen LogP contribution in [0.15, 0.2) is 30.5 Å². The minimum Gasteiger partial charge on any atom is -0.346 e. The molecule has 0 aliphatic carbocycles. The van der Waals surface area contributed by atoms with E-state index in [1.54, 1.807) is 48.5 Å². The van der Waals surface area contributed by atoms with Crippen molar-refractivity contribution in [1.29, 1.82) is 0 Å². The predicted octanol–water partition coefficient (Wildman–Crippen LogP) is 2.77. The van der Waals surface area contributed by atoms with E-state index < -0.39 is 4.92 Å². The van der Waals surface area contributed by atoms with Crippen molar-refractivity contribution in [1.82, 2.24) is 24.9 Å². The first-order chi connectivity index (χ1) is 13.3. The zero-order chi connectivity index (χ0) is 20.4. The van der Waals surface area contributed by atoms with E-state index in [1.165, 1.54) is 6.20 Å². The Bertz CT molecular complexity index is 1040. The second kappa shape index (κ2) is 7.81. The Morgan fingerprint density at radius 2 is 2.11 bits per heavy atom. The number of nitrogens with zero attached hydrogens (tertiary/aromatic N) is 5. The molecular weight excluding hydrogens is 384 g/mol. The molecule has 3 rings (SSSR count). The number of nitro groups is 1. The van der Waals surface area contributed by atoms with E-state index in [-0.39, 0.29) is 18.1 Å². The molecule has 0 aliphatic rings. The van der Waals surface area contributed by atoms with Crippen LogP contribution in [-0.4, -0.2) is 30.4 Å². The second-order valence-electron chi connectivity index (χ2n) is 6.38. The molecule has 0 aliphatic heterocycles. The fourth-order valence-corrected chi connectivity index (χ4v) is 3.22. The number of amides is 1. The van der Waals surface area contributed by atoms with Crippen molar-refractivity contribution in [3.8, 4) is 0 Å². The lowest BCUT2D eigenvalue weighted by atomic mass is 10.1. The second-order valence-corrected chi connectivity index (χ2v) is 6.79. The standard InChI is InChI=1S/C18H19ClN6O3/c1-11-17(25(27)28)12(2)24(22-11)10-13-5-4-6-14(7-13)18(26)20-9-16-15(19)8-21-23(16)3/h4-8H,9-10H2,1-3H3,(H,20,26). The third-order valence-corrected chi connectivity index (χ3v) is 4.79. The van der Waals surface area contributed by atoms with Gasteiger partial charge >= 0.3 is 5.69 Å². The number of aryl methyl sites for hydroxylation is 2. The number of hydrogen-bond donors (Lipinski definition) is 1. The molecule has 0 radical (unpaired) electrons. The van der Waals surface area contributed by atoms with Crippen LogP contribution in [0.5, 0.6) is 0 Å². The molecule has 28 heavy (non-hydrogen) atoms. The topological polar surface area (TPSA) is 108 Å². The highest BCUT2D eigenvalue weighted by atomic mass is 35.5. The van der Waals surface area contributed by atoms with E-state index in [2.05, 4.69) is 15.5 Å². The van der Waals surface area contributed by atoms with Crippen molar-refractivity contribution in [3.63, 3.8) is 0 Å². The van der Waals surface area contributed by atoms with E-state index in [0.717, 1.165) is 5.56 Å². The summed E-state index contributed by atoms with van der Waals surface area (Å²) < 4.78 is 3.18. The number of carbonyl (C=O) groups is 1. The molecule has 2 heterocycles. The number of carbonyl (C=O) groups excluding carboxylic acids is 1. The molecule has 0 spiro atoms. The molecule has 10 heteroatoms. The summed E-state index contributed by atoms with van der Waals surface area (Å²) in [5, 5.41) is 22.7. The SMILES string of the molecule is Cc1nn(Cc2cccc(C(=O)NCc3c(Cl)cnn3C)c2)c(C)c1[N+](=O)[O-]. The lowest BCUT2D eigenvalue weighted by molar-refractivity contribution is -0.386. The average molecular weight is 403 g/mol. The molecule has 1 aromatic carbocycles. The predicted molar refractivity (Wildman–Crippen MR) is 103 cm³/mol. The van der Waals surface area contributed by atoms with Crippen LogP contribution in [0.4, 0.5) is 5.69 Å². The molecule has 0 bridgehead atoms. The molecule has 1 amide bonds. The first kappa shape index (κ1) is 19.6. The summed E-state index contributed by atoms with van der Waals surface area (Å²) in [6.45, 7) is 3.85. The highest BCUT2D eigenvalue weighted by Gasteiger charge is 2.21. The quantitative estimate of drug-likeness (QED) is 0.503. The van der Waals surface area contributed by atoms with Crippen LogP contribution in [0.2, 0.25) is 5.02 Å². The Morgan fingerprint density at radius 3 is 2.71 bits per heavy atom. The summed E-state index contributed by atoms with van der Waals surface area (Å²) >= 11 is 6.05. The van der Waals surface area contributed by atoms with E-state index in [4.69, 9.17) is 11.6 Å². The monoisotopic (exact) mass is 402 g/mol. The first-order valence-corrected chi connectivity index (χ1v) is 8.87. The van der Waals surface area contributed by atoms with E-state index in [1.807, 2.05) is 6.07 Å². The number of nitrogens with one attached hydrogen (secondary N) is 1. The van der Waals surface area contributed by atoms with Gasteiger partial charge in [0.15, 0.2) is 0 Å². The van der Waals surface area contributed by atoms with Gasteiger partial charge < -0.3 is 5.32 Å². The molecule has 9 nitrogen and oxygen atoms in total. The number of aromatic nitrogens is 4. The van der Waals surface area contributed by atoms with Crippen molar-refractivity contribution < 1.29 is 9.72 Å². The number of rotatable bonds is 6. The van der Waals surface area contributed by atoms with Gasteiger partial charge in [-0.05, 0) is 31.5 Å². The van der Waals surface area contributed by atoms with Crippen LogP contribution in [0.25, 0.3) is 0 Å². The van der Waals surface area contributed by atoms with Crippen molar-refractivity contribution in [2.75, 3.05) is 0 Å². The normalized spacial score (nSPS) is 10.9. The van der Waals surface area contributed by atoms with Crippen molar-refractivity contribution in [2.45, 2.75) is 26.9 Å². The highest BCUT2D eigenvalue weighted by Crippen LogP contribution is 2.22. The lowest BCUT2D eigenvalue weighted by Gasteiger charge is -2.09. The van der Waals surface area contributed by atoms with Crippen LogP contribution in [-0.2, 0) is 20.1 Å². The van der Waals surface area contributed by atoms with Gasteiger partial charge in [-0.25, -0.2) is 0 Å². The lowest BCUT2D eigenvalue weighted by Crippen LogP contribution is -2.24. The minimum absolute atomic E-state index is 0.0157. The van der Waals surface area contributed by atoms with Crippen LogP contribution in [0.3, 0.4) is 0 Å². The van der Waals surface area contributed by atoms with E-state index in [0.29, 0.717) is 34.2 Å². The summed E-state index contributed by atoms with van der Waals surface area (Å²) in [4.78, 5) is 23.2. The fourth-order valence-electron chi connectivity index (χ4n) is 2.99. The third-order valence-electron chi connectivity index (χ3n) is 4.47. The highest BCUT2D eigenvalue weighted by molar-refractivity contribution is 6.31. The Morgan fingerprint density at radius 1 is 1.36 bits per heavy atom. The number of halogens is 1. The van der Waals surface area contributed by atoms with Crippen molar-refractivity contribution >= 4 is 23.2 Å². The van der Waals surface area contributed by atoms with Gasteiger partial charge in [0.2, 0.25) is 0 Å². The van der Waals surface area contributed by atoms with Gasteiger partial charge in [0.05, 0.1) is 34.9 Å². The molecule has 0 atom stereocenters. The maximum Gasteiger partial charge on any atom is 0.312 e. The van der Waals surface area contributed by atoms with Crippen LogP contribution < -0.4 is 5.32 Å². The van der Waals surface area contributed by atoms with Gasteiger partial charge in [-0.2, -0.15) is 10.2 Å². The fraction of sp³-hybridized carbons (Fsp3) is 0.278. The van der Waals surface area contributed by atoms with Gasteiger partial charge in [-0.3, -0.25) is 24.3 Å². The summed E-state index contributed by atoms with van der Waals surface area (Å²) in [5.74, 6) is -0.251. The maximum atomic E-state index is 12.5. The largest absolute Gasteiger partial charge is 0.346 e. The smallest absolute Gasteiger partial charge is 0.312 e. The summed E-state index contributed by atoms with van der Waals surface area (Å²) in [5.41, 5.74) is 2.86. The molecule has 2 aromatic heterocycles. The van der Waals surface area contributed by atoms with Crippen LogP contribution in [0, 0.1) is 24.0 Å². The number of hydrogen-bond acceptors (Lipinski definition) is 5. The molecule has 0 unspecified atom stereocenters. The Kier molecular flexibility index (Phi) is 5.46. The van der Waals surface area contributed by atoms with E-state index >= 15 is 0 Å². The molecular formula is C18H19ClN6O3. The Balaban J connectivity index is 1.74. The van der Waals surface area contributed by atoms with Crippen LogP contribution in [0.1, 0.15) is 33.0 Å². The van der Waals surface area contributed by atoms with Gasteiger partial charge in [-0.15, -0.1) is 0 Å². The maximum absolute atomic E-state index is 12.5. The van der Waals surface area contributed by atoms with Crippen molar-refractivity contribution in [3.05, 3.63) is 73.8 Å². The van der Waals surface area contributed by atoms with Gasteiger partial charge in [0.25, 0.3) is 5.91 Å². The minimum atomic E-state index is -0.429. The zero-order valence-corrected chi connectivity index (χ0v) is 16.4.